The zero-order valence-electron chi connectivity index (χ0n) is 8.67. The normalized spacial score (nSPS) is 17.3. The van der Waals surface area contributed by atoms with Crippen LogP contribution in [-0.4, -0.2) is 23.5 Å². The molecule has 0 aromatic rings. The van der Waals surface area contributed by atoms with Crippen molar-refractivity contribution in [2.45, 2.75) is 33.1 Å². The summed E-state index contributed by atoms with van der Waals surface area (Å²) in [4.78, 5) is 22.1. The van der Waals surface area contributed by atoms with E-state index >= 15 is 0 Å². The molecule has 0 heterocycles. The molecule has 0 bridgehead atoms. The van der Waals surface area contributed by atoms with Gasteiger partial charge in [-0.3, -0.25) is 9.59 Å². The van der Waals surface area contributed by atoms with Crippen molar-refractivity contribution in [3.8, 4) is 0 Å². The summed E-state index contributed by atoms with van der Waals surface area (Å²) >= 11 is 0. The van der Waals surface area contributed by atoms with Gasteiger partial charge in [-0.1, -0.05) is 6.42 Å². The molecule has 2 N–H and O–H groups in total. The number of carbonyl (C=O) groups excluding carboxylic acids is 1. The first-order valence-electron chi connectivity index (χ1n) is 4.94. The standard InChI is InChI=1S/C10H17NO3/c1-10(2,9(13)14)6-11-8(12)7-4-3-5-7/h7H,3-6H2,1-2H3,(H,11,12)(H,13,14). The number of rotatable bonds is 4. The maximum atomic E-state index is 11.4. The Labute approximate surface area is 83.7 Å². The second kappa shape index (κ2) is 3.98. The molecule has 0 spiro atoms. The minimum atomic E-state index is -0.883. The van der Waals surface area contributed by atoms with Gasteiger partial charge in [0.2, 0.25) is 5.91 Å². The fourth-order valence-electron chi connectivity index (χ4n) is 1.20. The van der Waals surface area contributed by atoms with Gasteiger partial charge in [-0.2, -0.15) is 0 Å². The molecule has 1 fully saturated rings. The van der Waals surface area contributed by atoms with E-state index in [9.17, 15) is 9.59 Å². The third-order valence-corrected chi connectivity index (χ3v) is 2.76. The number of carboxylic acids is 1. The van der Waals surface area contributed by atoms with Crippen LogP contribution in [0.3, 0.4) is 0 Å². The van der Waals surface area contributed by atoms with Gasteiger partial charge in [0.25, 0.3) is 0 Å². The maximum Gasteiger partial charge on any atom is 0.310 e. The smallest absolute Gasteiger partial charge is 0.310 e. The highest BCUT2D eigenvalue weighted by molar-refractivity contribution is 5.80. The number of hydrogen-bond acceptors (Lipinski definition) is 2. The number of nitrogens with one attached hydrogen (secondary N) is 1. The van der Waals surface area contributed by atoms with E-state index in [0.29, 0.717) is 0 Å². The Hall–Kier alpha value is -1.06. The van der Waals surface area contributed by atoms with E-state index in [0.717, 1.165) is 19.3 Å². The summed E-state index contributed by atoms with van der Waals surface area (Å²) in [6.45, 7) is 3.42. The first kappa shape index (κ1) is 11.0. The molecule has 1 saturated carbocycles. The van der Waals surface area contributed by atoms with Crippen LogP contribution >= 0.6 is 0 Å². The van der Waals surface area contributed by atoms with Gasteiger partial charge in [-0.25, -0.2) is 0 Å². The Morgan fingerprint density at radius 3 is 2.36 bits per heavy atom. The third-order valence-electron chi connectivity index (χ3n) is 2.76. The minimum Gasteiger partial charge on any atom is -0.481 e. The molecule has 0 atom stereocenters. The van der Waals surface area contributed by atoms with E-state index in [1.807, 2.05) is 0 Å². The van der Waals surface area contributed by atoms with Crippen LogP contribution < -0.4 is 5.32 Å². The fourth-order valence-corrected chi connectivity index (χ4v) is 1.20. The molecule has 0 saturated heterocycles. The van der Waals surface area contributed by atoms with Gasteiger partial charge in [0.15, 0.2) is 0 Å². The number of carboxylic acid groups (broad SMARTS) is 1. The van der Waals surface area contributed by atoms with E-state index in [2.05, 4.69) is 5.32 Å². The second-order valence-corrected chi connectivity index (χ2v) is 4.53. The molecule has 4 heteroatoms. The highest BCUT2D eigenvalue weighted by atomic mass is 16.4. The summed E-state index contributed by atoms with van der Waals surface area (Å²) in [5, 5.41) is 11.5. The first-order chi connectivity index (χ1) is 6.43. The van der Waals surface area contributed by atoms with Gasteiger partial charge in [-0.05, 0) is 26.7 Å². The van der Waals surface area contributed by atoms with Gasteiger partial charge in [-0.15, -0.1) is 0 Å². The van der Waals surface area contributed by atoms with Crippen LogP contribution in [0.5, 0.6) is 0 Å². The zero-order chi connectivity index (χ0) is 10.8. The van der Waals surface area contributed by atoms with Crippen LogP contribution in [0.4, 0.5) is 0 Å². The van der Waals surface area contributed by atoms with Crippen LogP contribution in [0.25, 0.3) is 0 Å². The van der Waals surface area contributed by atoms with Crippen molar-refractivity contribution in [3.05, 3.63) is 0 Å². The van der Waals surface area contributed by atoms with E-state index in [1.165, 1.54) is 0 Å². The quantitative estimate of drug-likeness (QED) is 0.710. The molecular weight excluding hydrogens is 182 g/mol. The summed E-state index contributed by atoms with van der Waals surface area (Å²) in [7, 11) is 0. The largest absolute Gasteiger partial charge is 0.481 e. The van der Waals surface area contributed by atoms with Crippen molar-refractivity contribution in [1.82, 2.24) is 5.32 Å². The summed E-state index contributed by atoms with van der Waals surface area (Å²) < 4.78 is 0. The van der Waals surface area contributed by atoms with E-state index < -0.39 is 11.4 Å². The lowest BCUT2D eigenvalue weighted by atomic mass is 9.84. The molecule has 1 rings (SSSR count). The predicted molar refractivity (Wildman–Crippen MR) is 51.8 cm³/mol. The number of carbonyl (C=O) groups is 2. The number of aliphatic carboxylic acids is 1. The average Bonchev–Trinajstić information content (AvgIpc) is 1.97. The Balaban J connectivity index is 2.32. The summed E-state index contributed by atoms with van der Waals surface area (Å²) in [6, 6.07) is 0. The van der Waals surface area contributed by atoms with Crippen LogP contribution in [0.2, 0.25) is 0 Å². The molecule has 0 aromatic carbocycles. The molecule has 4 nitrogen and oxygen atoms in total. The Bertz CT molecular complexity index is 244. The highest BCUT2D eigenvalue weighted by Crippen LogP contribution is 2.26. The summed E-state index contributed by atoms with van der Waals surface area (Å²) in [5.41, 5.74) is -0.876. The predicted octanol–water partition coefficient (Wildman–Crippen LogP) is 1.01. The van der Waals surface area contributed by atoms with Crippen LogP contribution in [0.15, 0.2) is 0 Å². The molecule has 0 radical (unpaired) electrons. The van der Waals surface area contributed by atoms with Gasteiger partial charge >= 0.3 is 5.97 Å². The van der Waals surface area contributed by atoms with Gasteiger partial charge < -0.3 is 10.4 Å². The van der Waals surface area contributed by atoms with Gasteiger partial charge in [0.05, 0.1) is 5.41 Å². The molecule has 80 valence electrons. The second-order valence-electron chi connectivity index (χ2n) is 4.53. The molecule has 0 aliphatic heterocycles. The van der Waals surface area contributed by atoms with E-state index in [1.54, 1.807) is 13.8 Å². The molecule has 1 aliphatic carbocycles. The Morgan fingerprint density at radius 1 is 1.43 bits per heavy atom. The molecule has 0 aromatic heterocycles. The zero-order valence-corrected chi connectivity index (χ0v) is 8.67. The maximum absolute atomic E-state index is 11.4. The fraction of sp³-hybridized carbons (Fsp3) is 0.800. The van der Waals surface area contributed by atoms with Gasteiger partial charge in [0, 0.05) is 12.5 Å². The monoisotopic (exact) mass is 199 g/mol. The number of amides is 1. The molecule has 1 aliphatic rings. The average molecular weight is 199 g/mol. The van der Waals surface area contributed by atoms with E-state index in [4.69, 9.17) is 5.11 Å². The SMILES string of the molecule is CC(C)(CNC(=O)C1CCC1)C(=O)O. The third kappa shape index (κ3) is 2.47. The topological polar surface area (TPSA) is 66.4 Å². The van der Waals surface area contributed by atoms with Crippen LogP contribution in [0, 0.1) is 11.3 Å². The Kier molecular flexibility index (Phi) is 3.13. The van der Waals surface area contributed by atoms with Gasteiger partial charge in [0.1, 0.15) is 0 Å². The van der Waals surface area contributed by atoms with Crippen molar-refractivity contribution < 1.29 is 14.7 Å². The van der Waals surface area contributed by atoms with E-state index in [-0.39, 0.29) is 18.4 Å². The van der Waals surface area contributed by atoms with Crippen LogP contribution in [0.1, 0.15) is 33.1 Å². The molecular formula is C10H17NO3. The summed E-state index contributed by atoms with van der Waals surface area (Å²) in [6.07, 6.45) is 3.00. The van der Waals surface area contributed by atoms with Crippen molar-refractivity contribution in [2.24, 2.45) is 11.3 Å². The lowest BCUT2D eigenvalue weighted by molar-refractivity contribution is -0.147. The lowest BCUT2D eigenvalue weighted by Crippen LogP contribution is -2.42. The molecule has 1 amide bonds. The number of hydrogen-bond donors (Lipinski definition) is 2. The highest BCUT2D eigenvalue weighted by Gasteiger charge is 2.30. The lowest BCUT2D eigenvalue weighted by Gasteiger charge is -2.26. The molecule has 14 heavy (non-hydrogen) atoms. The van der Waals surface area contributed by atoms with Crippen molar-refractivity contribution in [2.75, 3.05) is 6.54 Å². The van der Waals surface area contributed by atoms with Crippen molar-refractivity contribution >= 4 is 11.9 Å². The summed E-state index contributed by atoms with van der Waals surface area (Å²) in [5.74, 6) is -0.753. The first-order valence-corrected chi connectivity index (χ1v) is 4.94. The van der Waals surface area contributed by atoms with Crippen molar-refractivity contribution in [3.63, 3.8) is 0 Å². The Morgan fingerprint density at radius 2 is 2.00 bits per heavy atom. The van der Waals surface area contributed by atoms with Crippen molar-refractivity contribution in [1.29, 1.82) is 0 Å². The van der Waals surface area contributed by atoms with Crippen LogP contribution in [-0.2, 0) is 9.59 Å². The minimum absolute atomic E-state index is 0.00516. The molecule has 0 unspecified atom stereocenters.